The molecule has 110 valence electrons. The van der Waals surface area contributed by atoms with Gasteiger partial charge in [-0.15, -0.1) is 0 Å². The summed E-state index contributed by atoms with van der Waals surface area (Å²) in [6.07, 6.45) is 3.66. The van der Waals surface area contributed by atoms with E-state index in [1.165, 1.54) is 0 Å². The maximum atomic E-state index is 13.6. The Morgan fingerprint density at radius 1 is 1.50 bits per heavy atom. The van der Waals surface area contributed by atoms with Crippen molar-refractivity contribution in [3.05, 3.63) is 33.6 Å². The predicted molar refractivity (Wildman–Crippen MR) is 77.4 cm³/mol. The molecule has 0 spiro atoms. The van der Waals surface area contributed by atoms with Crippen molar-refractivity contribution in [2.45, 2.75) is 12.8 Å². The molecule has 0 bridgehead atoms. The summed E-state index contributed by atoms with van der Waals surface area (Å²) in [6.45, 7) is 0.376. The van der Waals surface area contributed by atoms with Crippen LogP contribution in [-0.4, -0.2) is 29.4 Å². The molecular weight excluding hydrogens is 285 g/mol. The van der Waals surface area contributed by atoms with Crippen molar-refractivity contribution in [1.82, 2.24) is 5.32 Å². The van der Waals surface area contributed by atoms with Crippen molar-refractivity contribution >= 4 is 29.0 Å². The fourth-order valence-electron chi connectivity index (χ4n) is 1.63. The zero-order chi connectivity index (χ0) is 15.1. The van der Waals surface area contributed by atoms with Crippen molar-refractivity contribution < 1.29 is 14.1 Å². The summed E-state index contributed by atoms with van der Waals surface area (Å²) in [5, 5.41) is 13.2. The Kier molecular flexibility index (Phi) is 6.23. The molecule has 0 aliphatic carbocycles. The van der Waals surface area contributed by atoms with Gasteiger partial charge in [0.1, 0.15) is 17.1 Å². The summed E-state index contributed by atoms with van der Waals surface area (Å²) >= 11 is 1.70. The van der Waals surface area contributed by atoms with Crippen LogP contribution in [0.4, 0.5) is 15.8 Å². The van der Waals surface area contributed by atoms with Crippen LogP contribution >= 0.6 is 11.8 Å². The van der Waals surface area contributed by atoms with E-state index in [1.54, 1.807) is 11.8 Å². The summed E-state index contributed by atoms with van der Waals surface area (Å²) in [5.74, 6) is -0.619. The molecule has 0 unspecified atom stereocenters. The molecule has 0 saturated carbocycles. The second kappa shape index (κ2) is 7.68. The first kappa shape index (κ1) is 16.2. The van der Waals surface area contributed by atoms with E-state index in [2.05, 4.69) is 5.32 Å². The number of nitrogens with one attached hydrogen (secondary N) is 1. The van der Waals surface area contributed by atoms with Crippen LogP contribution in [0.5, 0.6) is 0 Å². The summed E-state index contributed by atoms with van der Waals surface area (Å²) < 4.78 is 13.6. The molecule has 0 atom stereocenters. The fourth-order valence-corrected chi connectivity index (χ4v) is 2.13. The quantitative estimate of drug-likeness (QED) is 0.348. The molecule has 0 aliphatic heterocycles. The lowest BCUT2D eigenvalue weighted by Crippen LogP contribution is -2.26. The molecule has 0 fully saturated rings. The fraction of sp³-hybridized carbons (Fsp3) is 0.417. The zero-order valence-corrected chi connectivity index (χ0v) is 11.8. The maximum absolute atomic E-state index is 13.6. The number of rotatable bonds is 7. The van der Waals surface area contributed by atoms with E-state index in [-0.39, 0.29) is 0 Å². The molecule has 3 N–H and O–H groups in total. The minimum Gasteiger partial charge on any atom is -0.392 e. The van der Waals surface area contributed by atoms with Gasteiger partial charge in [-0.2, -0.15) is 11.8 Å². The number of nitro benzene ring substituents is 1. The Morgan fingerprint density at radius 3 is 2.80 bits per heavy atom. The van der Waals surface area contributed by atoms with E-state index in [0.29, 0.717) is 6.54 Å². The van der Waals surface area contributed by atoms with Crippen LogP contribution in [0.3, 0.4) is 0 Å². The van der Waals surface area contributed by atoms with Gasteiger partial charge in [-0.25, -0.2) is 4.39 Å². The first-order valence-corrected chi connectivity index (χ1v) is 7.38. The molecule has 0 aromatic heterocycles. The Morgan fingerprint density at radius 2 is 2.20 bits per heavy atom. The van der Waals surface area contributed by atoms with Crippen LogP contribution in [0.2, 0.25) is 0 Å². The lowest BCUT2D eigenvalue weighted by molar-refractivity contribution is -0.384. The van der Waals surface area contributed by atoms with Crippen LogP contribution in [0.15, 0.2) is 12.1 Å². The molecule has 0 heterocycles. The number of halogens is 1. The number of unbranched alkanes of at least 4 members (excludes halogenated alkanes) is 1. The number of amides is 1. The monoisotopic (exact) mass is 301 g/mol. The summed E-state index contributed by atoms with van der Waals surface area (Å²) in [6, 6.07) is 1.82. The van der Waals surface area contributed by atoms with Crippen molar-refractivity contribution in [1.29, 1.82) is 0 Å². The highest BCUT2D eigenvalue weighted by atomic mass is 32.2. The highest BCUT2D eigenvalue weighted by Gasteiger charge is 2.23. The van der Waals surface area contributed by atoms with Gasteiger partial charge < -0.3 is 11.1 Å². The maximum Gasteiger partial charge on any atom is 0.293 e. The first-order valence-electron chi connectivity index (χ1n) is 5.98. The Balaban J connectivity index is 2.77. The summed E-state index contributed by atoms with van der Waals surface area (Å²) in [5.41, 5.74) is 4.10. The molecule has 0 radical (unpaired) electrons. The van der Waals surface area contributed by atoms with Gasteiger partial charge in [0.05, 0.1) is 4.92 Å². The Bertz CT molecular complexity index is 511. The lowest BCUT2D eigenvalue weighted by atomic mass is 10.1. The standard InChI is InChI=1S/C12H16FN3O3S/c1-20-7-3-2-6-15-12(17)10-8(13)4-5-9(11(10)14)16(18)19/h4-5H,2-3,6-7,14H2,1H3,(H,15,17). The number of nitro groups is 1. The number of benzene rings is 1. The van der Waals surface area contributed by atoms with Crippen molar-refractivity contribution in [2.75, 3.05) is 24.3 Å². The highest BCUT2D eigenvalue weighted by Crippen LogP contribution is 2.27. The van der Waals surface area contributed by atoms with Gasteiger partial charge in [0.25, 0.3) is 11.6 Å². The third-order valence-electron chi connectivity index (χ3n) is 2.66. The van der Waals surface area contributed by atoms with Crippen LogP contribution in [-0.2, 0) is 0 Å². The van der Waals surface area contributed by atoms with E-state index in [0.717, 1.165) is 30.7 Å². The number of carbonyl (C=O) groups is 1. The van der Waals surface area contributed by atoms with Gasteiger partial charge in [-0.05, 0) is 30.9 Å². The van der Waals surface area contributed by atoms with Gasteiger partial charge in [0.2, 0.25) is 0 Å². The first-order chi connectivity index (χ1) is 9.49. The van der Waals surface area contributed by atoms with Crippen molar-refractivity contribution in [3.63, 3.8) is 0 Å². The van der Waals surface area contributed by atoms with Crippen LogP contribution in [0.1, 0.15) is 23.2 Å². The van der Waals surface area contributed by atoms with Gasteiger partial charge in [-0.3, -0.25) is 14.9 Å². The SMILES string of the molecule is CSCCCCNC(=O)c1c(F)ccc([N+](=O)[O-])c1N. The van der Waals surface area contributed by atoms with Crippen molar-refractivity contribution in [3.8, 4) is 0 Å². The van der Waals surface area contributed by atoms with Gasteiger partial charge in [0.15, 0.2) is 0 Å². The molecule has 0 aliphatic rings. The van der Waals surface area contributed by atoms with Crippen molar-refractivity contribution in [2.24, 2.45) is 0 Å². The molecule has 8 heteroatoms. The molecular formula is C12H16FN3O3S. The Hall–Kier alpha value is -1.83. The largest absolute Gasteiger partial charge is 0.392 e. The Labute approximate surface area is 120 Å². The second-order valence-corrected chi connectivity index (χ2v) is 5.05. The van der Waals surface area contributed by atoms with E-state index < -0.39 is 33.6 Å². The van der Waals surface area contributed by atoms with E-state index in [1.807, 2.05) is 6.26 Å². The number of thioether (sulfide) groups is 1. The number of nitrogens with zero attached hydrogens (tertiary/aromatic N) is 1. The average Bonchev–Trinajstić information content (AvgIpc) is 2.38. The summed E-state index contributed by atoms with van der Waals surface area (Å²) in [7, 11) is 0. The minimum absolute atomic E-state index is 0.376. The lowest BCUT2D eigenvalue weighted by Gasteiger charge is -2.08. The molecule has 1 aromatic rings. The highest BCUT2D eigenvalue weighted by molar-refractivity contribution is 7.98. The number of nitrogen functional groups attached to an aromatic ring is 1. The van der Waals surface area contributed by atoms with E-state index >= 15 is 0 Å². The molecule has 0 saturated heterocycles. The number of hydrogen-bond donors (Lipinski definition) is 2. The molecule has 1 aromatic carbocycles. The van der Waals surface area contributed by atoms with Gasteiger partial charge >= 0.3 is 0 Å². The summed E-state index contributed by atoms with van der Waals surface area (Å²) in [4.78, 5) is 21.8. The molecule has 1 rings (SSSR count). The second-order valence-electron chi connectivity index (χ2n) is 4.07. The third-order valence-corrected chi connectivity index (χ3v) is 3.35. The van der Waals surface area contributed by atoms with Crippen LogP contribution in [0.25, 0.3) is 0 Å². The van der Waals surface area contributed by atoms with E-state index in [9.17, 15) is 19.3 Å². The number of carbonyl (C=O) groups excluding carboxylic acids is 1. The van der Waals surface area contributed by atoms with Crippen LogP contribution in [0, 0.1) is 15.9 Å². The number of nitrogens with two attached hydrogens (primary N) is 1. The topological polar surface area (TPSA) is 98.3 Å². The smallest absolute Gasteiger partial charge is 0.293 e. The average molecular weight is 301 g/mol. The molecule has 6 nitrogen and oxygen atoms in total. The van der Waals surface area contributed by atoms with Crippen LogP contribution < -0.4 is 11.1 Å². The molecule has 20 heavy (non-hydrogen) atoms. The van der Waals surface area contributed by atoms with Gasteiger partial charge in [0, 0.05) is 12.6 Å². The van der Waals surface area contributed by atoms with E-state index in [4.69, 9.17) is 5.73 Å². The minimum atomic E-state index is -0.866. The predicted octanol–water partition coefficient (Wildman–Crippen LogP) is 2.19. The third kappa shape index (κ3) is 4.09. The molecule has 1 amide bonds. The number of hydrogen-bond acceptors (Lipinski definition) is 5. The number of anilines is 1. The van der Waals surface area contributed by atoms with Gasteiger partial charge in [-0.1, -0.05) is 0 Å². The zero-order valence-electron chi connectivity index (χ0n) is 11.0. The normalized spacial score (nSPS) is 10.3.